The summed E-state index contributed by atoms with van der Waals surface area (Å²) in [6, 6.07) is 0. The Hall–Kier alpha value is 52.1. The zero-order valence-corrected chi connectivity index (χ0v) is 132. The third-order valence-electron chi connectivity index (χ3n) is 0. The summed E-state index contributed by atoms with van der Waals surface area (Å²) >= 11 is 0. The van der Waals surface area contributed by atoms with E-state index in [4.69, 9.17) is 77.0 Å². The van der Waals surface area contributed by atoms with Crippen molar-refractivity contribution in [1.82, 2.24) is 0 Å². The topological polar surface area (TPSA) is 311 Å². The van der Waals surface area contributed by atoms with Gasteiger partial charge in [-0.25, -0.2) is 18.3 Å². The molecule has 0 aromatic rings. The molecule has 0 radical (unpaired) electrons. The largest absolute Gasteiger partial charge is 2.00 e. The molecule has 0 heterocycles. The Bertz CT molecular complexity index is 335. The Labute approximate surface area is 1590 Å². The van der Waals surface area contributed by atoms with E-state index in [0.29, 0.717) is 0 Å². The SMILES string of the molecule is O=P(O)(O)O.O=P(O)(O)O.O=P(O)(O)O.O=P(O)(O)O.[Ca+2].[Ca+2].[Ca+2].[Ca+2].[Ca+2].[Ca+2].[Ca+2].[Ca+2].[Ca+2].[Ca+2].[Ca+2].[Ca+2].[Ca+2].[Ca+2].[Ca+2].[Ca+2].[Ca+2].[Ca+2].[Ca+2].[Ca+2].[Ca+2].[Ca+2].[Ca+2].[Ca+2].[Ca+2].[Ca+2].[Ca+2].[Ca+2].[Ca+2].[Ca+2].[Ca+2].[Ca+2].[Ca+2].[Ca+2].[Ca+2].[Ca+2].[Ca+2].[Ca+2].[Ca+2].[Ca+2].[Ca+2]. The minimum atomic E-state index is -4.64. The van der Waals surface area contributed by atoms with Gasteiger partial charge in [0.15, 0.2) is 0 Å². The maximum Gasteiger partial charge on any atom is 2.00 e. The van der Waals surface area contributed by atoms with Crippen LogP contribution in [0.3, 0.4) is 0 Å². The molecule has 0 aliphatic heterocycles. The van der Waals surface area contributed by atoms with Crippen molar-refractivity contribution in [3.8, 4) is 0 Å². The second kappa shape index (κ2) is 239. The van der Waals surface area contributed by atoms with Crippen LogP contribution in [0.25, 0.3) is 0 Å². The average Bonchev–Trinajstić information content (AvgIpc) is 1.62. The van der Waals surface area contributed by atoms with Crippen LogP contribution >= 0.6 is 31.3 Å². The summed E-state index contributed by atoms with van der Waals surface area (Å²) < 4.78 is 35.5. The molecule has 0 unspecified atom stereocenters. The van der Waals surface area contributed by atoms with Crippen LogP contribution in [-0.2, 0) is 18.3 Å². The molecule has 0 atom stereocenters. The van der Waals surface area contributed by atoms with Gasteiger partial charge in [-0.05, 0) is 0 Å². The van der Waals surface area contributed by atoms with Crippen LogP contribution in [0.2, 0.25) is 0 Å². The average molecular weight is 2040 g/mol. The molecule has 0 aromatic heterocycles. The Morgan fingerprint density at radius 3 is 0.115 bits per heavy atom. The van der Waals surface area contributed by atoms with E-state index in [1.165, 1.54) is 0 Å². The molecule has 0 rings (SSSR count). The summed E-state index contributed by atoms with van der Waals surface area (Å²) in [7, 11) is -18.6. The molecule has 0 aromatic carbocycles. The molecule has 0 aliphatic carbocycles. The number of hydrogen-bond acceptors (Lipinski definition) is 4. The first-order valence-electron chi connectivity index (χ1n) is 3.13. The molecule has 0 bridgehead atoms. The standard InChI is InChI=1S/41Ca.4H3O4P/c;;;;;;;;;;;;;;;;;;;;;;;;;;;;;;;;;;;;;;;;;4*1-5(2,3)4/h;;;;;;;;;;;;;;;;;;;;;;;;;;;;;;;;;;;;;;;;;4*(H3,1,2,3,4)/q41*+2;;;;. The number of phosphoric acid groups is 4. The van der Waals surface area contributed by atoms with Crippen LogP contribution in [-0.4, -0.2) is 1610 Å². The molecule has 0 saturated carbocycles. The summed E-state index contributed by atoms with van der Waals surface area (Å²) in [5, 5.41) is 0. The molecular formula is H12Ca41O16P4+82. The minimum Gasteiger partial charge on any atom is -0.303 e. The van der Waals surface area contributed by atoms with E-state index < -0.39 is 31.3 Å². The van der Waals surface area contributed by atoms with Gasteiger partial charge in [0.25, 0.3) is 0 Å². The molecule has 0 aliphatic rings. The van der Waals surface area contributed by atoms with E-state index in [1.54, 1.807) is 0 Å². The third-order valence-corrected chi connectivity index (χ3v) is 0. The third kappa shape index (κ3) is 501. The fourth-order valence-electron chi connectivity index (χ4n) is 0. The van der Waals surface area contributed by atoms with Crippen molar-refractivity contribution in [3.05, 3.63) is 0 Å². The Balaban J connectivity index is -0.00000000106. The van der Waals surface area contributed by atoms with E-state index in [9.17, 15) is 0 Å². The van der Waals surface area contributed by atoms with Gasteiger partial charge in [0, 0.05) is 0 Å². The smallest absolute Gasteiger partial charge is 0.303 e. The monoisotopic (exact) mass is 2030 g/mol. The molecule has 0 spiro atoms. The molecule has 0 fully saturated rings. The molecular weight excluding hydrogens is 2020 g/mol. The molecule has 61 heavy (non-hydrogen) atoms. The van der Waals surface area contributed by atoms with E-state index in [2.05, 4.69) is 0 Å². The van der Waals surface area contributed by atoms with Crippen molar-refractivity contribution in [2.24, 2.45) is 0 Å². The fourth-order valence-corrected chi connectivity index (χ4v) is 0. The predicted octanol–water partition coefficient (Wildman–Crippen LogP) is -19.3. The predicted molar refractivity (Wildman–Crippen MR) is 293 cm³/mol. The Morgan fingerprint density at radius 1 is 0.115 bits per heavy atom. The second-order valence-electron chi connectivity index (χ2n) is 2.05. The molecule has 16 nitrogen and oxygen atoms in total. The Kier molecular flexibility index (Phi) is 1200. The maximum absolute atomic E-state index is 8.88. The number of rotatable bonds is 0. The molecule has 0 amide bonds. The Morgan fingerprint density at radius 2 is 0.115 bits per heavy atom. The van der Waals surface area contributed by atoms with Gasteiger partial charge in [-0.2, -0.15) is 0 Å². The van der Waals surface area contributed by atoms with Crippen LogP contribution in [0.4, 0.5) is 0 Å². The molecule has 12 N–H and O–H groups in total. The van der Waals surface area contributed by atoms with Gasteiger partial charge in [0.1, 0.15) is 0 Å². The van der Waals surface area contributed by atoms with Gasteiger partial charge >= 0.3 is 1580 Å². The van der Waals surface area contributed by atoms with Crippen molar-refractivity contribution in [1.29, 1.82) is 0 Å². The first-order valence-corrected chi connectivity index (χ1v) is 9.39. The van der Waals surface area contributed by atoms with Crippen LogP contribution in [0.1, 0.15) is 0 Å². The van der Waals surface area contributed by atoms with E-state index >= 15 is 0 Å². The summed E-state index contributed by atoms with van der Waals surface area (Å²) in [6.07, 6.45) is 0. The zero-order valence-electron chi connectivity index (χ0n) is 37.8. The van der Waals surface area contributed by atoms with Crippen LogP contribution < -0.4 is 0 Å². The van der Waals surface area contributed by atoms with Crippen molar-refractivity contribution in [3.63, 3.8) is 0 Å². The second-order valence-corrected chi connectivity index (χ2v) is 6.16. The van der Waals surface area contributed by atoms with Gasteiger partial charge in [0.05, 0.1) is 0 Å². The van der Waals surface area contributed by atoms with Crippen LogP contribution in [0.5, 0.6) is 0 Å². The zero-order chi connectivity index (χ0) is 18.0. The first-order chi connectivity index (χ1) is 8.00. The number of hydrogen-bond donors (Lipinski definition) is 12. The minimum absolute atomic E-state index is 0. The quantitative estimate of drug-likeness (QED) is 0.0792. The summed E-state index contributed by atoms with van der Waals surface area (Å²) in [6.45, 7) is 0. The fraction of sp³-hybridized carbons (Fsp3) is 0. The van der Waals surface area contributed by atoms with E-state index in [1.807, 2.05) is 0 Å². The van der Waals surface area contributed by atoms with Gasteiger partial charge in [0.2, 0.25) is 0 Å². The van der Waals surface area contributed by atoms with E-state index in [0.717, 1.165) is 0 Å². The first kappa shape index (κ1) is 306. The van der Waals surface area contributed by atoms with Gasteiger partial charge < -0.3 is 58.7 Å². The van der Waals surface area contributed by atoms with Crippen molar-refractivity contribution in [2.45, 2.75) is 0 Å². The van der Waals surface area contributed by atoms with Gasteiger partial charge in [-0.1, -0.05) is 0 Å². The summed E-state index contributed by atoms with van der Waals surface area (Å²) in [5.74, 6) is 0. The normalized spacial score (nSPS) is 3.87. The molecule has 61 heteroatoms. The summed E-state index contributed by atoms with van der Waals surface area (Å²) in [4.78, 5) is 86.2. The van der Waals surface area contributed by atoms with Crippen molar-refractivity contribution < 1.29 is 77.0 Å². The van der Waals surface area contributed by atoms with Crippen LogP contribution in [0, 0.1) is 0 Å². The maximum atomic E-state index is 8.88. The van der Waals surface area contributed by atoms with Crippen LogP contribution in [0.15, 0.2) is 0 Å². The van der Waals surface area contributed by atoms with Crippen molar-refractivity contribution in [2.75, 3.05) is 0 Å². The summed E-state index contributed by atoms with van der Waals surface area (Å²) in [5.41, 5.74) is 0. The molecule has 0 saturated heterocycles. The van der Waals surface area contributed by atoms with Gasteiger partial charge in [-0.3, -0.25) is 0 Å². The van der Waals surface area contributed by atoms with Crippen molar-refractivity contribution >= 4 is 1580 Å². The van der Waals surface area contributed by atoms with Gasteiger partial charge in [-0.15, -0.1) is 0 Å². The van der Waals surface area contributed by atoms with E-state index in [-0.39, 0.29) is 1550 Å². The molecule has 128 valence electrons.